The molecule has 4 radical (unpaired) electrons. The van der Waals surface area contributed by atoms with Crippen molar-refractivity contribution in [3.05, 3.63) is 35.9 Å². The standard InChI is InChI=1S/C9H10O2.3C4H10.Sn/c1-8(10)11-7-9-5-3-2-4-6-9;3*1-3-4-2;/h2-6H,7H2,1H3;3*3-4H2,1-2H3;. The number of benzene rings is 1. The number of hydrogen-bond acceptors (Lipinski definition) is 2. The maximum Gasteiger partial charge on any atom is 0.302 e. The summed E-state index contributed by atoms with van der Waals surface area (Å²) in [6, 6.07) is 9.60. The Hall–Kier alpha value is -0.511. The predicted octanol–water partition coefficient (Wildman–Crippen LogP) is 6.79. The van der Waals surface area contributed by atoms with Crippen LogP contribution in [0.15, 0.2) is 30.3 Å². The van der Waals surface area contributed by atoms with Gasteiger partial charge in [-0.15, -0.1) is 0 Å². The maximum atomic E-state index is 10.4. The third kappa shape index (κ3) is 37.6. The van der Waals surface area contributed by atoms with E-state index in [0.717, 1.165) is 5.56 Å². The first-order chi connectivity index (χ1) is 11.0. The third-order valence-electron chi connectivity index (χ3n) is 2.78. The Morgan fingerprint density at radius 1 is 0.750 bits per heavy atom. The molecule has 0 saturated heterocycles. The molecule has 1 rings (SSSR count). The van der Waals surface area contributed by atoms with Crippen LogP contribution in [-0.4, -0.2) is 29.9 Å². The minimum absolute atomic E-state index is 0. The number of rotatable bonds is 5. The Labute approximate surface area is 168 Å². The van der Waals surface area contributed by atoms with E-state index in [4.69, 9.17) is 4.74 Å². The van der Waals surface area contributed by atoms with E-state index in [1.807, 2.05) is 30.3 Å². The van der Waals surface area contributed by atoms with E-state index in [1.165, 1.54) is 45.4 Å². The van der Waals surface area contributed by atoms with E-state index in [0.29, 0.717) is 6.61 Å². The zero-order valence-corrected chi connectivity index (χ0v) is 20.0. The van der Waals surface area contributed by atoms with Crippen LogP contribution >= 0.6 is 0 Å². The number of ether oxygens (including phenoxy) is 1. The van der Waals surface area contributed by atoms with Crippen LogP contribution in [0.25, 0.3) is 0 Å². The Balaban J connectivity index is -0.000000130. The van der Waals surface area contributed by atoms with Gasteiger partial charge >= 0.3 is 5.97 Å². The molecule has 0 amide bonds. The van der Waals surface area contributed by atoms with Gasteiger partial charge < -0.3 is 4.74 Å². The molecule has 0 N–H and O–H groups in total. The van der Waals surface area contributed by atoms with Gasteiger partial charge in [-0.3, -0.25) is 4.79 Å². The fraction of sp³-hybridized carbons (Fsp3) is 0.667. The van der Waals surface area contributed by atoms with Crippen LogP contribution in [0.1, 0.15) is 92.6 Å². The molecule has 0 unspecified atom stereocenters. The second-order valence-corrected chi connectivity index (χ2v) is 5.27. The summed E-state index contributed by atoms with van der Waals surface area (Å²) in [5, 5.41) is 0. The van der Waals surface area contributed by atoms with Crippen molar-refractivity contribution in [2.75, 3.05) is 0 Å². The molecular formula is C21H40O2Sn. The summed E-state index contributed by atoms with van der Waals surface area (Å²) in [6.45, 7) is 14.9. The van der Waals surface area contributed by atoms with Gasteiger partial charge in [0.1, 0.15) is 6.61 Å². The van der Waals surface area contributed by atoms with Crippen LogP contribution in [0.2, 0.25) is 0 Å². The molecule has 24 heavy (non-hydrogen) atoms. The summed E-state index contributed by atoms with van der Waals surface area (Å²) in [4.78, 5) is 10.4. The van der Waals surface area contributed by atoms with Gasteiger partial charge in [0.15, 0.2) is 0 Å². The molecular weight excluding hydrogens is 403 g/mol. The van der Waals surface area contributed by atoms with E-state index < -0.39 is 0 Å². The van der Waals surface area contributed by atoms with Gasteiger partial charge in [-0.1, -0.05) is 110 Å². The van der Waals surface area contributed by atoms with Gasteiger partial charge in [0.25, 0.3) is 0 Å². The molecule has 0 saturated carbocycles. The van der Waals surface area contributed by atoms with Gasteiger partial charge in [0.2, 0.25) is 0 Å². The van der Waals surface area contributed by atoms with Crippen molar-refractivity contribution >= 4 is 29.9 Å². The molecule has 1 aromatic carbocycles. The summed E-state index contributed by atoms with van der Waals surface area (Å²) >= 11 is 0. The molecule has 0 heterocycles. The number of esters is 1. The first-order valence-corrected chi connectivity index (χ1v) is 9.20. The van der Waals surface area contributed by atoms with Gasteiger partial charge in [-0.05, 0) is 5.56 Å². The van der Waals surface area contributed by atoms with Crippen molar-refractivity contribution in [2.45, 2.75) is 93.6 Å². The normalized spacial score (nSPS) is 7.96. The van der Waals surface area contributed by atoms with E-state index >= 15 is 0 Å². The zero-order valence-electron chi connectivity index (χ0n) is 17.2. The summed E-state index contributed by atoms with van der Waals surface area (Å²) in [6.07, 6.45) is 7.92. The molecule has 0 fully saturated rings. The molecule has 0 aromatic heterocycles. The van der Waals surface area contributed by atoms with Crippen LogP contribution in [0, 0.1) is 0 Å². The van der Waals surface area contributed by atoms with Crippen LogP contribution in [0.4, 0.5) is 0 Å². The third-order valence-corrected chi connectivity index (χ3v) is 2.78. The Kier molecular flexibility index (Phi) is 39.6. The summed E-state index contributed by atoms with van der Waals surface area (Å²) in [7, 11) is 0. The first kappa shape index (κ1) is 31.3. The molecule has 3 heteroatoms. The van der Waals surface area contributed by atoms with E-state index in [2.05, 4.69) is 41.5 Å². The smallest absolute Gasteiger partial charge is 0.302 e. The van der Waals surface area contributed by atoms with Crippen LogP contribution in [-0.2, 0) is 16.1 Å². The summed E-state index contributed by atoms with van der Waals surface area (Å²) < 4.78 is 4.79. The molecule has 0 atom stereocenters. The average molecular weight is 443 g/mol. The minimum atomic E-state index is -0.242. The largest absolute Gasteiger partial charge is 0.461 e. The molecule has 0 bridgehead atoms. The van der Waals surface area contributed by atoms with Crippen molar-refractivity contribution < 1.29 is 9.53 Å². The predicted molar refractivity (Wildman–Crippen MR) is 109 cm³/mol. The monoisotopic (exact) mass is 444 g/mol. The second kappa shape index (κ2) is 30.4. The molecule has 0 aliphatic heterocycles. The second-order valence-electron chi connectivity index (χ2n) is 5.27. The molecule has 0 aliphatic rings. The molecule has 0 aliphatic carbocycles. The van der Waals surface area contributed by atoms with E-state index in [9.17, 15) is 4.79 Å². The van der Waals surface area contributed by atoms with Crippen LogP contribution in [0.3, 0.4) is 0 Å². The van der Waals surface area contributed by atoms with Gasteiger partial charge in [0, 0.05) is 30.8 Å². The van der Waals surface area contributed by atoms with Crippen LogP contribution in [0.5, 0.6) is 0 Å². The van der Waals surface area contributed by atoms with Crippen LogP contribution < -0.4 is 0 Å². The minimum Gasteiger partial charge on any atom is -0.461 e. The number of unbranched alkanes of at least 4 members (excludes halogenated alkanes) is 3. The van der Waals surface area contributed by atoms with Crippen molar-refractivity contribution in [2.24, 2.45) is 0 Å². The number of hydrogen-bond donors (Lipinski definition) is 0. The Morgan fingerprint density at radius 2 is 1.08 bits per heavy atom. The SMILES string of the molecule is CC(=O)OCc1ccccc1.CCCC.CCCC.CCCC.[Sn]. The molecule has 0 spiro atoms. The summed E-state index contributed by atoms with van der Waals surface area (Å²) in [5.74, 6) is -0.242. The fourth-order valence-electron chi connectivity index (χ4n) is 0.759. The summed E-state index contributed by atoms with van der Waals surface area (Å²) in [5.41, 5.74) is 1.02. The van der Waals surface area contributed by atoms with E-state index in [1.54, 1.807) is 0 Å². The number of carbonyl (C=O) groups excluding carboxylic acids is 1. The van der Waals surface area contributed by atoms with Gasteiger partial charge in [0.05, 0.1) is 0 Å². The average Bonchev–Trinajstić information content (AvgIpc) is 2.61. The van der Waals surface area contributed by atoms with Crippen molar-refractivity contribution in [1.82, 2.24) is 0 Å². The molecule has 2 nitrogen and oxygen atoms in total. The van der Waals surface area contributed by atoms with Gasteiger partial charge in [-0.2, -0.15) is 0 Å². The zero-order chi connectivity index (χ0) is 18.3. The fourth-order valence-corrected chi connectivity index (χ4v) is 0.759. The van der Waals surface area contributed by atoms with Crippen molar-refractivity contribution in [3.63, 3.8) is 0 Å². The topological polar surface area (TPSA) is 26.3 Å². The van der Waals surface area contributed by atoms with Gasteiger partial charge in [-0.25, -0.2) is 0 Å². The number of carbonyl (C=O) groups is 1. The van der Waals surface area contributed by atoms with Crippen molar-refractivity contribution in [3.8, 4) is 0 Å². The maximum absolute atomic E-state index is 10.4. The van der Waals surface area contributed by atoms with Crippen molar-refractivity contribution in [1.29, 1.82) is 0 Å². The van der Waals surface area contributed by atoms with E-state index in [-0.39, 0.29) is 29.9 Å². The Bertz CT molecular complexity index is 297. The quantitative estimate of drug-likeness (QED) is 0.370. The molecule has 140 valence electrons. The molecule has 1 aromatic rings. The first-order valence-electron chi connectivity index (χ1n) is 9.20. The Morgan fingerprint density at radius 3 is 1.33 bits per heavy atom.